The number of ether oxygens (including phenoxy) is 2. The van der Waals surface area contributed by atoms with Gasteiger partial charge in [-0.15, -0.1) is 0 Å². The van der Waals surface area contributed by atoms with Crippen LogP contribution in [-0.4, -0.2) is 6.21 Å². The van der Waals surface area contributed by atoms with E-state index in [9.17, 15) is 4.39 Å². The smallest absolute Gasteiger partial charge is 0.132 e. The summed E-state index contributed by atoms with van der Waals surface area (Å²) in [5.74, 6) is 1.09. The van der Waals surface area contributed by atoms with Crippen LogP contribution in [0.3, 0.4) is 0 Å². The van der Waals surface area contributed by atoms with Crippen molar-refractivity contribution < 1.29 is 13.9 Å². The average Bonchev–Trinajstić information content (AvgIpc) is 2.83. The van der Waals surface area contributed by atoms with Crippen molar-refractivity contribution >= 4 is 11.9 Å². The van der Waals surface area contributed by atoms with Gasteiger partial charge in [0.05, 0.1) is 5.69 Å². The third-order valence-electron chi connectivity index (χ3n) is 4.65. The van der Waals surface area contributed by atoms with E-state index in [0.717, 1.165) is 16.7 Å². The van der Waals surface area contributed by atoms with E-state index in [4.69, 9.17) is 9.47 Å². The first-order valence-electron chi connectivity index (χ1n) is 10.0. The topological polar surface area (TPSA) is 30.8 Å². The van der Waals surface area contributed by atoms with Crippen LogP contribution in [0, 0.1) is 5.82 Å². The largest absolute Gasteiger partial charge is 0.489 e. The van der Waals surface area contributed by atoms with Gasteiger partial charge in [0.1, 0.15) is 30.5 Å². The monoisotopic (exact) mass is 411 g/mol. The van der Waals surface area contributed by atoms with Crippen LogP contribution in [0.1, 0.15) is 16.7 Å². The van der Waals surface area contributed by atoms with Gasteiger partial charge in [-0.2, -0.15) is 0 Å². The molecule has 0 amide bonds. The average molecular weight is 411 g/mol. The highest BCUT2D eigenvalue weighted by molar-refractivity contribution is 5.85. The normalized spacial score (nSPS) is 10.9. The maximum atomic E-state index is 13.1. The number of benzene rings is 4. The van der Waals surface area contributed by atoms with Crippen molar-refractivity contribution in [2.45, 2.75) is 13.2 Å². The second-order valence-electron chi connectivity index (χ2n) is 6.98. The van der Waals surface area contributed by atoms with Crippen molar-refractivity contribution in [3.8, 4) is 11.5 Å². The van der Waals surface area contributed by atoms with Crippen LogP contribution in [0.15, 0.2) is 108 Å². The van der Waals surface area contributed by atoms with Gasteiger partial charge < -0.3 is 9.47 Å². The van der Waals surface area contributed by atoms with Crippen molar-refractivity contribution in [2.24, 2.45) is 4.99 Å². The number of aliphatic imine (C=N–C) groups is 1. The molecule has 0 N–H and O–H groups in total. The van der Waals surface area contributed by atoms with Crippen molar-refractivity contribution in [1.82, 2.24) is 0 Å². The molecule has 0 bridgehead atoms. The fourth-order valence-electron chi connectivity index (χ4n) is 2.98. The lowest BCUT2D eigenvalue weighted by molar-refractivity contribution is 0.289. The highest BCUT2D eigenvalue weighted by Crippen LogP contribution is 2.26. The van der Waals surface area contributed by atoms with Crippen LogP contribution in [0.25, 0.3) is 0 Å². The van der Waals surface area contributed by atoms with Crippen molar-refractivity contribution in [3.05, 3.63) is 126 Å². The van der Waals surface area contributed by atoms with E-state index >= 15 is 0 Å². The number of rotatable bonds is 8. The van der Waals surface area contributed by atoms with E-state index in [0.29, 0.717) is 30.4 Å². The second-order valence-corrected chi connectivity index (χ2v) is 6.98. The summed E-state index contributed by atoms with van der Waals surface area (Å²) in [6, 6.07) is 31.7. The van der Waals surface area contributed by atoms with Crippen LogP contribution in [0.4, 0.5) is 10.1 Å². The maximum absolute atomic E-state index is 13.1. The van der Waals surface area contributed by atoms with Crippen LogP contribution in [0.2, 0.25) is 0 Å². The lowest BCUT2D eigenvalue weighted by atomic mass is 10.2. The van der Waals surface area contributed by atoms with Crippen molar-refractivity contribution in [1.29, 1.82) is 0 Å². The van der Waals surface area contributed by atoms with E-state index in [1.165, 1.54) is 12.1 Å². The van der Waals surface area contributed by atoms with Gasteiger partial charge in [0.15, 0.2) is 0 Å². The molecular weight excluding hydrogens is 389 g/mol. The zero-order chi connectivity index (χ0) is 21.3. The Morgan fingerprint density at radius 2 is 1.29 bits per heavy atom. The summed E-state index contributed by atoms with van der Waals surface area (Å²) in [6.07, 6.45) is 1.72. The van der Waals surface area contributed by atoms with Crippen LogP contribution >= 0.6 is 0 Å². The van der Waals surface area contributed by atoms with Gasteiger partial charge in [-0.05, 0) is 47.5 Å². The summed E-state index contributed by atoms with van der Waals surface area (Å²) in [6.45, 7) is 0.905. The SMILES string of the molecule is Fc1ccc(N=Cc2ccc(OCc3ccccc3)cc2OCc2ccccc2)cc1. The highest BCUT2D eigenvalue weighted by atomic mass is 19.1. The molecule has 0 atom stereocenters. The minimum Gasteiger partial charge on any atom is -0.489 e. The predicted molar refractivity (Wildman–Crippen MR) is 122 cm³/mol. The molecule has 0 heterocycles. The van der Waals surface area contributed by atoms with Gasteiger partial charge in [-0.1, -0.05) is 60.7 Å². The Kier molecular flexibility index (Phi) is 6.71. The molecule has 0 saturated heterocycles. The maximum Gasteiger partial charge on any atom is 0.132 e. The standard InChI is InChI=1S/C27H22FNO2/c28-24-12-14-25(15-13-24)29-18-23-11-16-26(30-19-21-7-3-1-4-8-21)17-27(23)31-20-22-9-5-2-6-10-22/h1-18H,19-20H2. The first-order valence-corrected chi connectivity index (χ1v) is 10.0. The molecule has 154 valence electrons. The van der Waals surface area contributed by atoms with Gasteiger partial charge >= 0.3 is 0 Å². The predicted octanol–water partition coefficient (Wildman–Crippen LogP) is 6.73. The minimum atomic E-state index is -0.286. The molecule has 0 unspecified atom stereocenters. The third kappa shape index (κ3) is 6.03. The molecule has 4 aromatic carbocycles. The molecule has 4 heteroatoms. The van der Waals surface area contributed by atoms with E-state index in [1.54, 1.807) is 18.3 Å². The molecule has 4 aromatic rings. The lowest BCUT2D eigenvalue weighted by Gasteiger charge is -2.12. The van der Waals surface area contributed by atoms with Crippen molar-refractivity contribution in [2.75, 3.05) is 0 Å². The molecule has 0 aliphatic heterocycles. The summed E-state index contributed by atoms with van der Waals surface area (Å²) in [7, 11) is 0. The Labute approximate surface area is 181 Å². The molecule has 0 spiro atoms. The molecule has 0 aliphatic rings. The Morgan fingerprint density at radius 1 is 0.677 bits per heavy atom. The van der Waals surface area contributed by atoms with E-state index < -0.39 is 0 Å². The van der Waals surface area contributed by atoms with Gasteiger partial charge in [0.25, 0.3) is 0 Å². The lowest BCUT2D eigenvalue weighted by Crippen LogP contribution is -2.00. The number of hydrogen-bond acceptors (Lipinski definition) is 3. The quantitative estimate of drug-likeness (QED) is 0.301. The first kappa shape index (κ1) is 20.4. The fourth-order valence-corrected chi connectivity index (χ4v) is 2.98. The third-order valence-corrected chi connectivity index (χ3v) is 4.65. The summed E-state index contributed by atoms with van der Waals surface area (Å²) >= 11 is 0. The number of hydrogen-bond donors (Lipinski definition) is 0. The Balaban J connectivity index is 1.54. The Morgan fingerprint density at radius 3 is 1.94 bits per heavy atom. The van der Waals surface area contributed by atoms with Crippen LogP contribution < -0.4 is 9.47 Å². The molecule has 31 heavy (non-hydrogen) atoms. The highest BCUT2D eigenvalue weighted by Gasteiger charge is 2.06. The Hall–Kier alpha value is -3.92. The molecular formula is C27H22FNO2. The number of nitrogens with zero attached hydrogens (tertiary/aromatic N) is 1. The summed E-state index contributed by atoms with van der Waals surface area (Å²) in [5, 5.41) is 0. The zero-order valence-corrected chi connectivity index (χ0v) is 16.9. The van der Waals surface area contributed by atoms with Crippen LogP contribution in [-0.2, 0) is 13.2 Å². The van der Waals surface area contributed by atoms with Gasteiger partial charge in [0, 0.05) is 17.8 Å². The first-order chi connectivity index (χ1) is 15.3. The van der Waals surface area contributed by atoms with Gasteiger partial charge in [0.2, 0.25) is 0 Å². The van der Waals surface area contributed by atoms with E-state index in [2.05, 4.69) is 4.99 Å². The molecule has 4 rings (SSSR count). The summed E-state index contributed by atoms with van der Waals surface area (Å²) in [4.78, 5) is 4.44. The molecule has 3 nitrogen and oxygen atoms in total. The summed E-state index contributed by atoms with van der Waals surface area (Å²) in [5.41, 5.74) is 3.64. The molecule has 0 aromatic heterocycles. The molecule has 0 saturated carbocycles. The number of halogens is 1. The molecule has 0 aliphatic carbocycles. The van der Waals surface area contributed by atoms with Gasteiger partial charge in [-0.25, -0.2) is 4.39 Å². The molecule has 0 fully saturated rings. The minimum absolute atomic E-state index is 0.286. The second kappa shape index (κ2) is 10.2. The molecule has 0 radical (unpaired) electrons. The van der Waals surface area contributed by atoms with Crippen LogP contribution in [0.5, 0.6) is 11.5 Å². The zero-order valence-electron chi connectivity index (χ0n) is 16.9. The Bertz CT molecular complexity index is 1130. The van der Waals surface area contributed by atoms with Gasteiger partial charge in [-0.3, -0.25) is 4.99 Å². The van der Waals surface area contributed by atoms with E-state index in [-0.39, 0.29) is 5.82 Å². The van der Waals surface area contributed by atoms with Crippen molar-refractivity contribution in [3.63, 3.8) is 0 Å². The van der Waals surface area contributed by atoms with E-state index in [1.807, 2.05) is 78.9 Å². The fraction of sp³-hybridized carbons (Fsp3) is 0.0741. The summed E-state index contributed by atoms with van der Waals surface area (Å²) < 4.78 is 25.2.